The molecule has 1 fully saturated rings. The minimum absolute atomic E-state index is 0.0937. The molecule has 0 unspecified atom stereocenters. The second-order valence-corrected chi connectivity index (χ2v) is 6.35. The Kier molecular flexibility index (Phi) is 4.62. The predicted octanol–water partition coefficient (Wildman–Crippen LogP) is 2.39. The fraction of sp³-hybridized carbons (Fsp3) is 0.421. The number of ether oxygens (including phenoxy) is 2. The van der Waals surface area contributed by atoms with E-state index in [1.54, 1.807) is 6.20 Å². The smallest absolute Gasteiger partial charge is 0.257 e. The molecule has 1 aromatic heterocycles. The summed E-state index contributed by atoms with van der Waals surface area (Å²) in [6.45, 7) is 6.02. The summed E-state index contributed by atoms with van der Waals surface area (Å²) in [4.78, 5) is 6.75. The minimum atomic E-state index is -0.0937. The van der Waals surface area contributed by atoms with Gasteiger partial charge in [0.2, 0.25) is 0 Å². The Morgan fingerprint density at radius 2 is 2.04 bits per heavy atom. The molecule has 126 valence electrons. The number of rotatable bonds is 3. The van der Waals surface area contributed by atoms with E-state index in [2.05, 4.69) is 39.5 Å². The van der Waals surface area contributed by atoms with E-state index in [1.807, 2.05) is 12.1 Å². The highest BCUT2D eigenvalue weighted by Crippen LogP contribution is 2.33. The lowest BCUT2D eigenvalue weighted by molar-refractivity contribution is 0.0851. The number of nitrogens with one attached hydrogen (secondary N) is 1. The highest BCUT2D eigenvalue weighted by atomic mass is 16.6. The fourth-order valence-electron chi connectivity index (χ4n) is 3.23. The lowest BCUT2D eigenvalue weighted by Crippen LogP contribution is -2.27. The van der Waals surface area contributed by atoms with Crippen LogP contribution >= 0.6 is 0 Å². The van der Waals surface area contributed by atoms with Gasteiger partial charge in [-0.15, -0.1) is 0 Å². The maximum Gasteiger partial charge on any atom is 0.257 e. The first-order valence-electron chi connectivity index (χ1n) is 8.65. The molecule has 2 aliphatic heterocycles. The van der Waals surface area contributed by atoms with Crippen molar-refractivity contribution in [2.24, 2.45) is 0 Å². The first-order chi connectivity index (χ1) is 11.9. The van der Waals surface area contributed by atoms with Gasteiger partial charge in [-0.2, -0.15) is 0 Å². The van der Waals surface area contributed by atoms with Gasteiger partial charge < -0.3 is 14.8 Å². The number of hydrogen-bond acceptors (Lipinski definition) is 5. The summed E-state index contributed by atoms with van der Waals surface area (Å²) in [7, 11) is 0. The highest BCUT2D eigenvalue weighted by Gasteiger charge is 2.23. The molecule has 3 heterocycles. The molecule has 5 nitrogen and oxygen atoms in total. The van der Waals surface area contributed by atoms with Crippen LogP contribution in [0.4, 0.5) is 0 Å². The van der Waals surface area contributed by atoms with Crippen molar-refractivity contribution < 1.29 is 9.47 Å². The van der Waals surface area contributed by atoms with Crippen LogP contribution in [0, 0.1) is 0 Å². The van der Waals surface area contributed by atoms with Gasteiger partial charge in [-0.3, -0.25) is 4.90 Å². The number of benzene rings is 1. The molecule has 24 heavy (non-hydrogen) atoms. The van der Waals surface area contributed by atoms with E-state index in [0.717, 1.165) is 44.0 Å². The Balaban J connectivity index is 1.41. The summed E-state index contributed by atoms with van der Waals surface area (Å²) in [5.74, 6) is 1.30. The van der Waals surface area contributed by atoms with E-state index >= 15 is 0 Å². The zero-order chi connectivity index (χ0) is 16.2. The van der Waals surface area contributed by atoms with Crippen molar-refractivity contribution in [3.63, 3.8) is 0 Å². The predicted molar refractivity (Wildman–Crippen MR) is 92.3 cm³/mol. The minimum Gasteiger partial charge on any atom is -0.484 e. The highest BCUT2D eigenvalue weighted by molar-refractivity contribution is 5.35. The van der Waals surface area contributed by atoms with Crippen molar-refractivity contribution in [1.82, 2.24) is 15.2 Å². The molecular formula is C19H23N3O2. The molecule has 1 N–H and O–H groups in total. The van der Waals surface area contributed by atoms with Gasteiger partial charge in [-0.25, -0.2) is 4.98 Å². The number of pyridine rings is 1. The van der Waals surface area contributed by atoms with Crippen LogP contribution in [0.2, 0.25) is 0 Å². The molecule has 2 aliphatic rings. The lowest BCUT2D eigenvalue weighted by Gasteiger charge is -2.26. The van der Waals surface area contributed by atoms with Crippen molar-refractivity contribution in [3.8, 4) is 11.6 Å². The average Bonchev–Trinajstić information content (AvgIpc) is 2.91. The molecule has 1 atom stereocenters. The molecule has 0 spiro atoms. The van der Waals surface area contributed by atoms with Crippen molar-refractivity contribution in [2.75, 3.05) is 32.8 Å². The second kappa shape index (κ2) is 7.20. The molecule has 0 radical (unpaired) electrons. The van der Waals surface area contributed by atoms with Gasteiger partial charge in [0.1, 0.15) is 6.61 Å². The molecule has 5 heteroatoms. The summed E-state index contributed by atoms with van der Waals surface area (Å²) in [6.07, 6.45) is 2.85. The van der Waals surface area contributed by atoms with Gasteiger partial charge in [0.15, 0.2) is 11.9 Å². The topological polar surface area (TPSA) is 46.6 Å². The Morgan fingerprint density at radius 1 is 1.12 bits per heavy atom. The molecule has 0 saturated carbocycles. The van der Waals surface area contributed by atoms with Crippen molar-refractivity contribution in [2.45, 2.75) is 19.1 Å². The van der Waals surface area contributed by atoms with E-state index in [4.69, 9.17) is 9.47 Å². The van der Waals surface area contributed by atoms with Gasteiger partial charge in [-0.05, 0) is 42.8 Å². The number of hydrogen-bond donors (Lipinski definition) is 1. The molecule has 1 aromatic carbocycles. The first kappa shape index (κ1) is 15.4. The summed E-state index contributed by atoms with van der Waals surface area (Å²) in [5, 5.41) is 3.45. The summed E-state index contributed by atoms with van der Waals surface area (Å²) in [6, 6.07) is 12.4. The van der Waals surface area contributed by atoms with Crippen molar-refractivity contribution in [1.29, 1.82) is 0 Å². The Bertz CT molecular complexity index is 667. The molecular weight excluding hydrogens is 302 g/mol. The van der Waals surface area contributed by atoms with Gasteiger partial charge in [0, 0.05) is 25.8 Å². The van der Waals surface area contributed by atoms with Gasteiger partial charge in [-0.1, -0.05) is 24.3 Å². The van der Waals surface area contributed by atoms with E-state index in [1.165, 1.54) is 12.0 Å². The first-order valence-corrected chi connectivity index (χ1v) is 8.65. The van der Waals surface area contributed by atoms with Crippen LogP contribution in [-0.4, -0.2) is 42.7 Å². The van der Waals surface area contributed by atoms with Gasteiger partial charge in [0.05, 0.1) is 0 Å². The zero-order valence-corrected chi connectivity index (χ0v) is 13.8. The van der Waals surface area contributed by atoms with Crippen molar-refractivity contribution in [3.05, 3.63) is 53.7 Å². The number of fused-ring (bicyclic) bond motifs is 1. The largest absolute Gasteiger partial charge is 0.484 e. The molecule has 1 saturated heterocycles. The van der Waals surface area contributed by atoms with Crippen molar-refractivity contribution >= 4 is 0 Å². The molecule has 4 rings (SSSR count). The maximum atomic E-state index is 5.97. The average molecular weight is 325 g/mol. The second-order valence-electron chi connectivity index (χ2n) is 6.35. The standard InChI is InChI=1S/C19H23N3O2/c1-3-17-19(21-9-1)24-18(14-23-17)16-6-4-15(5-7-16)13-22-11-2-8-20-10-12-22/h1,3-7,9,18,20H,2,8,10-14H2/t18-/m1/s1. The number of nitrogens with zero attached hydrogens (tertiary/aromatic N) is 2. The van der Waals surface area contributed by atoms with Crippen LogP contribution in [0.5, 0.6) is 11.6 Å². The van der Waals surface area contributed by atoms with E-state index in [9.17, 15) is 0 Å². The molecule has 0 amide bonds. The SMILES string of the molecule is c1cnc2c(c1)OC[C@H](c1ccc(CN3CCCNCC3)cc1)O2. The van der Waals surface area contributed by atoms with Crippen LogP contribution < -0.4 is 14.8 Å². The van der Waals surface area contributed by atoms with Gasteiger partial charge in [0.25, 0.3) is 5.88 Å². The summed E-state index contributed by atoms with van der Waals surface area (Å²) < 4.78 is 11.7. The molecule has 0 bridgehead atoms. The van der Waals surface area contributed by atoms with Crippen LogP contribution in [0.25, 0.3) is 0 Å². The van der Waals surface area contributed by atoms with Crippen LogP contribution in [0.15, 0.2) is 42.6 Å². The van der Waals surface area contributed by atoms with E-state index in [0.29, 0.717) is 12.5 Å². The maximum absolute atomic E-state index is 5.97. The van der Waals surface area contributed by atoms with Crippen LogP contribution in [0.3, 0.4) is 0 Å². The Labute approximate surface area is 142 Å². The van der Waals surface area contributed by atoms with E-state index in [-0.39, 0.29) is 6.10 Å². The third kappa shape index (κ3) is 3.52. The Hall–Kier alpha value is -2.11. The van der Waals surface area contributed by atoms with Gasteiger partial charge >= 0.3 is 0 Å². The number of aromatic nitrogens is 1. The summed E-state index contributed by atoms with van der Waals surface area (Å²) in [5.41, 5.74) is 2.48. The fourth-order valence-corrected chi connectivity index (χ4v) is 3.23. The van der Waals surface area contributed by atoms with Crippen LogP contribution in [0.1, 0.15) is 23.7 Å². The third-order valence-corrected chi connectivity index (χ3v) is 4.57. The molecule has 0 aliphatic carbocycles. The monoisotopic (exact) mass is 325 g/mol. The zero-order valence-electron chi connectivity index (χ0n) is 13.8. The lowest BCUT2D eigenvalue weighted by atomic mass is 10.1. The summed E-state index contributed by atoms with van der Waals surface area (Å²) >= 11 is 0. The normalized spacial score (nSPS) is 21.2. The quantitative estimate of drug-likeness (QED) is 0.939. The van der Waals surface area contributed by atoms with E-state index < -0.39 is 0 Å². The third-order valence-electron chi connectivity index (χ3n) is 4.57. The molecule has 2 aromatic rings. The van der Waals surface area contributed by atoms with Crippen LogP contribution in [-0.2, 0) is 6.54 Å². The Morgan fingerprint density at radius 3 is 2.96 bits per heavy atom.